The van der Waals surface area contributed by atoms with Crippen molar-refractivity contribution in [2.75, 3.05) is 0 Å². The number of amides is 2. The number of nitrogens with one attached hydrogen (secondary N) is 2. The van der Waals surface area contributed by atoms with Crippen LogP contribution in [0.15, 0.2) is 42.5 Å². The first-order valence-corrected chi connectivity index (χ1v) is 24.2. The molecular weight excluding hydrogens is 876 g/mol. The van der Waals surface area contributed by atoms with E-state index in [-0.39, 0.29) is 47.0 Å². The Kier molecular flexibility index (Phi) is 31.3. The van der Waals surface area contributed by atoms with Gasteiger partial charge in [-0.05, 0) is 151 Å². The highest BCUT2D eigenvalue weighted by Gasteiger charge is 2.23. The van der Waals surface area contributed by atoms with Crippen LogP contribution in [-0.2, 0) is 43.3 Å². The van der Waals surface area contributed by atoms with E-state index in [1.165, 1.54) is 6.07 Å². The fourth-order valence-electron chi connectivity index (χ4n) is 7.24. The fourth-order valence-corrected chi connectivity index (χ4v) is 7.24. The minimum atomic E-state index is -0.900. The Hall–Kier alpha value is -4.79. The monoisotopic (exact) mass is 960 g/mol. The van der Waals surface area contributed by atoms with Crippen molar-refractivity contribution in [2.24, 2.45) is 23.5 Å². The Morgan fingerprint density at radius 1 is 0.574 bits per heavy atom. The first-order chi connectivity index (χ1) is 31.8. The molecule has 3 aromatic carbocycles. The van der Waals surface area contributed by atoms with E-state index in [0.717, 1.165) is 80.9 Å². The van der Waals surface area contributed by atoms with Crippen LogP contribution in [0.25, 0.3) is 0 Å². The van der Waals surface area contributed by atoms with Gasteiger partial charge >= 0.3 is 11.9 Å². The zero-order valence-corrected chi connectivity index (χ0v) is 43.1. The molecule has 4 atom stereocenters. The summed E-state index contributed by atoms with van der Waals surface area (Å²) in [4.78, 5) is 50.6. The molecule has 0 spiro atoms. The molecule has 0 saturated carbocycles. The Bertz CT molecular complexity index is 1940. The lowest BCUT2D eigenvalue weighted by molar-refractivity contribution is -0.150. The molecule has 2 amide bonds. The molecule has 384 valence electrons. The van der Waals surface area contributed by atoms with Crippen molar-refractivity contribution in [3.05, 3.63) is 104 Å². The molecule has 0 aromatic heterocycles. The Morgan fingerprint density at radius 2 is 0.941 bits per heavy atom. The topological polar surface area (TPSA) is 188 Å². The number of carbonyl (C=O) groups excluding carboxylic acids is 2. The highest BCUT2D eigenvalue weighted by atomic mass is 19.1. The smallest absolute Gasteiger partial charge is 0.320 e. The SMILES string of the molecule is CCCC[C@@H](Cc1cc(C)c(F)c(C)c1)C(=O)NO.CCCC[C@@H](Cc1cc(C)c(F)c(C)c1)C(=O)NOC(C)(C)C.CCCC[C@@H](Cc1ccc(F)c(C)c1)C(=O)O.CCCC[C@@H](N)C(=O)O. The van der Waals surface area contributed by atoms with E-state index in [9.17, 15) is 32.3 Å². The molecule has 11 nitrogen and oxygen atoms in total. The van der Waals surface area contributed by atoms with Crippen molar-refractivity contribution < 1.29 is 52.6 Å². The lowest BCUT2D eigenvalue weighted by Gasteiger charge is -2.22. The highest BCUT2D eigenvalue weighted by molar-refractivity contribution is 5.78. The quantitative estimate of drug-likeness (QED) is 0.0397. The Morgan fingerprint density at radius 3 is 1.29 bits per heavy atom. The van der Waals surface area contributed by atoms with Crippen LogP contribution in [0, 0.1) is 69.8 Å². The number of hydroxylamine groups is 2. The summed E-state index contributed by atoms with van der Waals surface area (Å²) in [7, 11) is 0. The van der Waals surface area contributed by atoms with Gasteiger partial charge in [-0.25, -0.2) is 24.1 Å². The van der Waals surface area contributed by atoms with Gasteiger partial charge in [0, 0.05) is 11.8 Å². The number of aryl methyl sites for hydroxylation is 5. The number of aliphatic carboxylic acids is 2. The molecule has 7 N–H and O–H groups in total. The molecular formula is C54H84F3N3O8. The summed E-state index contributed by atoms with van der Waals surface area (Å²) in [6, 6.07) is 11.4. The third-order valence-electron chi connectivity index (χ3n) is 11.2. The standard InChI is InChI=1S/C19H30FNO2.C15H22FNO2.C14H19FO2.C6H13NO2/c1-7-8-9-16(18(22)21-23-19(4,5)6)12-15-10-13(2)17(20)14(3)11-15;1-4-5-6-13(15(18)17-19)9-12-7-10(2)14(16)11(3)8-12;1-3-4-5-12(14(16)17)9-11-6-7-13(15)10(2)8-11;1-2-3-4-5(7)6(8)9/h10-11,16H,7-9,12H2,1-6H3,(H,21,22);7-8,13,19H,4-6,9H2,1-3H3,(H,17,18);6-8,12H,3-5,9H2,1-2H3,(H,16,17);5H,2-4,7H2,1H3,(H,8,9)/t16-;13-;12-;5-/m0001/s1. The second kappa shape index (κ2) is 33.7. The van der Waals surface area contributed by atoms with Crippen molar-refractivity contribution in [2.45, 2.75) is 191 Å². The van der Waals surface area contributed by atoms with Crippen LogP contribution in [-0.4, -0.2) is 50.8 Å². The molecule has 3 aromatic rings. The predicted molar refractivity (Wildman–Crippen MR) is 265 cm³/mol. The summed E-state index contributed by atoms with van der Waals surface area (Å²) < 4.78 is 40.4. The predicted octanol–water partition coefficient (Wildman–Crippen LogP) is 12.1. The summed E-state index contributed by atoms with van der Waals surface area (Å²) in [5.74, 6) is -3.53. The van der Waals surface area contributed by atoms with Crippen LogP contribution in [0.5, 0.6) is 0 Å². The molecule has 0 unspecified atom stereocenters. The number of nitrogens with two attached hydrogens (primary N) is 1. The third kappa shape index (κ3) is 26.1. The zero-order valence-electron chi connectivity index (χ0n) is 43.1. The minimum Gasteiger partial charge on any atom is -0.481 e. The van der Waals surface area contributed by atoms with Crippen molar-refractivity contribution in [3.63, 3.8) is 0 Å². The average Bonchev–Trinajstić information content (AvgIpc) is 3.28. The molecule has 0 aliphatic rings. The lowest BCUT2D eigenvalue weighted by atomic mass is 9.92. The number of hydrogen-bond donors (Lipinski definition) is 6. The summed E-state index contributed by atoms with van der Waals surface area (Å²) >= 11 is 0. The van der Waals surface area contributed by atoms with Crippen LogP contribution in [0.4, 0.5) is 13.2 Å². The van der Waals surface area contributed by atoms with E-state index in [1.54, 1.807) is 64.4 Å². The van der Waals surface area contributed by atoms with E-state index < -0.39 is 23.6 Å². The molecule has 0 aliphatic heterocycles. The van der Waals surface area contributed by atoms with Crippen LogP contribution in [0.1, 0.15) is 170 Å². The molecule has 3 rings (SSSR count). The Labute approximate surface area is 405 Å². The first kappa shape index (κ1) is 63.2. The average molecular weight is 960 g/mol. The van der Waals surface area contributed by atoms with E-state index in [4.69, 9.17) is 26.0 Å². The summed E-state index contributed by atoms with van der Waals surface area (Å²) in [6.45, 7) is 22.5. The van der Waals surface area contributed by atoms with Gasteiger partial charge in [-0.3, -0.25) is 29.2 Å². The first-order valence-electron chi connectivity index (χ1n) is 24.2. The van der Waals surface area contributed by atoms with Gasteiger partial charge < -0.3 is 15.9 Å². The molecule has 0 fully saturated rings. The summed E-state index contributed by atoms with van der Waals surface area (Å²) in [6.07, 6.45) is 12.1. The molecule has 0 radical (unpaired) electrons. The largest absolute Gasteiger partial charge is 0.481 e. The van der Waals surface area contributed by atoms with E-state index in [0.29, 0.717) is 59.9 Å². The van der Waals surface area contributed by atoms with Crippen LogP contribution < -0.4 is 16.7 Å². The van der Waals surface area contributed by atoms with Crippen LogP contribution >= 0.6 is 0 Å². The normalized spacial score (nSPS) is 12.7. The lowest BCUT2D eigenvalue weighted by Crippen LogP contribution is -2.38. The number of hydrogen-bond acceptors (Lipinski definition) is 7. The molecule has 0 bridgehead atoms. The van der Waals surface area contributed by atoms with Crippen molar-refractivity contribution in [3.8, 4) is 0 Å². The minimum absolute atomic E-state index is 0.104. The van der Waals surface area contributed by atoms with Gasteiger partial charge in [-0.1, -0.05) is 115 Å². The summed E-state index contributed by atoms with van der Waals surface area (Å²) in [5.41, 5.74) is 14.9. The molecule has 0 aliphatic carbocycles. The Balaban J connectivity index is 0.000000916. The number of unbranched alkanes of at least 4 members (excludes halogenated alkanes) is 4. The number of carbonyl (C=O) groups is 4. The van der Waals surface area contributed by atoms with Gasteiger partial charge in [0.2, 0.25) is 11.8 Å². The van der Waals surface area contributed by atoms with E-state index >= 15 is 0 Å². The van der Waals surface area contributed by atoms with E-state index in [2.05, 4.69) is 19.3 Å². The van der Waals surface area contributed by atoms with Crippen molar-refractivity contribution in [1.82, 2.24) is 11.0 Å². The van der Waals surface area contributed by atoms with Crippen molar-refractivity contribution >= 4 is 23.8 Å². The molecule has 68 heavy (non-hydrogen) atoms. The van der Waals surface area contributed by atoms with Crippen LogP contribution in [0.3, 0.4) is 0 Å². The summed E-state index contributed by atoms with van der Waals surface area (Å²) in [5, 5.41) is 26.2. The van der Waals surface area contributed by atoms with Crippen molar-refractivity contribution in [1.29, 1.82) is 0 Å². The number of carboxylic acid groups (broad SMARTS) is 2. The fraction of sp³-hybridized carbons (Fsp3) is 0.593. The zero-order chi connectivity index (χ0) is 52.1. The molecule has 14 heteroatoms. The maximum atomic E-state index is 13.8. The van der Waals surface area contributed by atoms with Crippen LogP contribution in [0.2, 0.25) is 0 Å². The second-order valence-corrected chi connectivity index (χ2v) is 18.9. The number of halogens is 3. The maximum Gasteiger partial charge on any atom is 0.320 e. The number of carboxylic acids is 2. The number of rotatable bonds is 23. The van der Waals surface area contributed by atoms with Gasteiger partial charge in [-0.15, -0.1) is 0 Å². The van der Waals surface area contributed by atoms with Gasteiger partial charge in [0.05, 0.1) is 11.5 Å². The van der Waals surface area contributed by atoms with Gasteiger partial charge in [0.15, 0.2) is 0 Å². The van der Waals surface area contributed by atoms with Gasteiger partial charge in [-0.2, -0.15) is 0 Å². The third-order valence-corrected chi connectivity index (χ3v) is 11.2. The molecule has 0 saturated heterocycles. The van der Waals surface area contributed by atoms with Gasteiger partial charge in [0.1, 0.15) is 23.5 Å². The highest BCUT2D eigenvalue weighted by Crippen LogP contribution is 2.23. The van der Waals surface area contributed by atoms with E-state index in [1.807, 2.05) is 46.8 Å². The molecule has 0 heterocycles. The second-order valence-electron chi connectivity index (χ2n) is 18.9. The number of benzene rings is 3. The van der Waals surface area contributed by atoms with Gasteiger partial charge in [0.25, 0.3) is 0 Å². The maximum absolute atomic E-state index is 13.8.